The number of esters is 1. The van der Waals surface area contributed by atoms with Gasteiger partial charge in [0, 0.05) is 41.7 Å². The Bertz CT molecular complexity index is 1260. The summed E-state index contributed by atoms with van der Waals surface area (Å²) in [6, 6.07) is 12.3. The number of thiocarbonyl (C=S) groups is 1. The van der Waals surface area contributed by atoms with Crippen LogP contribution in [-0.4, -0.2) is 56.6 Å². The maximum Gasteiger partial charge on any atom is 0.338 e. The van der Waals surface area contributed by atoms with Crippen molar-refractivity contribution in [2.75, 3.05) is 38.3 Å². The van der Waals surface area contributed by atoms with E-state index in [-0.39, 0.29) is 13.2 Å². The molecular weight excluding hydrogens is 518 g/mol. The number of carbonyl (C=O) groups is 2. The quantitative estimate of drug-likeness (QED) is 0.157. The number of amides is 1. The summed E-state index contributed by atoms with van der Waals surface area (Å²) in [5.41, 5.74) is 5.86. The molecule has 2 aromatic rings. The Morgan fingerprint density at radius 1 is 1.13 bits per heavy atom. The molecule has 39 heavy (non-hydrogen) atoms. The number of allylic oxidation sites excluding steroid dienone is 1. The molecule has 208 valence electrons. The van der Waals surface area contributed by atoms with Gasteiger partial charge >= 0.3 is 5.97 Å². The number of carbonyl (C=O) groups excluding carboxylic acids is 2. The lowest BCUT2D eigenvalue weighted by molar-refractivity contribution is -0.139. The monoisotopic (exact) mass is 553 g/mol. The van der Waals surface area contributed by atoms with E-state index >= 15 is 0 Å². The number of hydrazone groups is 1. The average Bonchev–Trinajstić information content (AvgIpc) is 2.93. The zero-order valence-electron chi connectivity index (χ0n) is 22.9. The highest BCUT2D eigenvalue weighted by Crippen LogP contribution is 2.33. The van der Waals surface area contributed by atoms with Gasteiger partial charge in [0.25, 0.3) is 5.91 Å². The fourth-order valence-corrected chi connectivity index (χ4v) is 4.47. The van der Waals surface area contributed by atoms with Gasteiger partial charge in [0.15, 0.2) is 11.7 Å². The van der Waals surface area contributed by atoms with Crippen LogP contribution in [0.2, 0.25) is 0 Å². The second-order valence-corrected chi connectivity index (χ2v) is 8.92. The molecule has 0 radical (unpaired) electrons. The van der Waals surface area contributed by atoms with Gasteiger partial charge in [-0.2, -0.15) is 5.10 Å². The maximum atomic E-state index is 12.7. The lowest BCUT2D eigenvalue weighted by Gasteiger charge is -2.30. The Balaban J connectivity index is 1.69. The number of ether oxygens (including phenoxy) is 3. The summed E-state index contributed by atoms with van der Waals surface area (Å²) < 4.78 is 16.6. The zero-order valence-corrected chi connectivity index (χ0v) is 23.7. The van der Waals surface area contributed by atoms with Crippen LogP contribution in [0.25, 0.3) is 0 Å². The third-order valence-corrected chi connectivity index (χ3v) is 6.31. The van der Waals surface area contributed by atoms with Crippen LogP contribution in [0.15, 0.2) is 58.8 Å². The first-order valence-corrected chi connectivity index (χ1v) is 13.2. The minimum atomic E-state index is -0.609. The number of nitrogens with zero attached hydrogens (tertiary/aromatic N) is 2. The third-order valence-electron chi connectivity index (χ3n) is 6.09. The number of hydrogen-bond donors (Lipinski definition) is 3. The molecule has 0 unspecified atom stereocenters. The van der Waals surface area contributed by atoms with Gasteiger partial charge in [-0.3, -0.25) is 4.79 Å². The summed E-state index contributed by atoms with van der Waals surface area (Å²) >= 11 is 5.31. The van der Waals surface area contributed by atoms with Crippen molar-refractivity contribution in [1.29, 1.82) is 0 Å². The molecule has 0 spiro atoms. The SMILES string of the molecule is CCOC(=O)C1=C(C)NC(=S)N[C@H]1c1ccccc1OCC(=O)NN=Cc1ccc(N(CC)CC)cc1OC. The number of para-hydroxylation sites is 1. The Morgan fingerprint density at radius 3 is 2.56 bits per heavy atom. The van der Waals surface area contributed by atoms with Gasteiger partial charge in [0.2, 0.25) is 0 Å². The van der Waals surface area contributed by atoms with Crippen LogP contribution in [0.3, 0.4) is 0 Å². The molecule has 1 aliphatic heterocycles. The second kappa shape index (κ2) is 14.1. The summed E-state index contributed by atoms with van der Waals surface area (Å²) in [6.45, 7) is 9.39. The second-order valence-electron chi connectivity index (χ2n) is 8.51. The Hall–Kier alpha value is -4.12. The third kappa shape index (κ3) is 7.47. The van der Waals surface area contributed by atoms with Gasteiger partial charge in [-0.1, -0.05) is 18.2 Å². The van der Waals surface area contributed by atoms with Crippen molar-refractivity contribution in [3.63, 3.8) is 0 Å². The minimum absolute atomic E-state index is 0.234. The molecule has 0 saturated heterocycles. The van der Waals surface area contributed by atoms with Gasteiger partial charge in [0.1, 0.15) is 11.5 Å². The number of methoxy groups -OCH3 is 1. The number of nitrogens with one attached hydrogen (secondary N) is 3. The molecule has 3 rings (SSSR count). The molecule has 0 fully saturated rings. The fraction of sp³-hybridized carbons (Fsp3) is 0.357. The van der Waals surface area contributed by atoms with Crippen LogP contribution in [0, 0.1) is 0 Å². The van der Waals surface area contributed by atoms with E-state index in [1.165, 1.54) is 6.21 Å². The van der Waals surface area contributed by atoms with E-state index in [0.717, 1.165) is 24.3 Å². The van der Waals surface area contributed by atoms with Crippen molar-refractivity contribution in [3.8, 4) is 11.5 Å². The Morgan fingerprint density at radius 2 is 1.87 bits per heavy atom. The number of benzene rings is 2. The topological polar surface area (TPSA) is 114 Å². The molecule has 0 bridgehead atoms. The molecular formula is C28H35N5O5S. The first kappa shape index (κ1) is 29.4. The molecule has 1 heterocycles. The normalized spacial score (nSPS) is 14.9. The van der Waals surface area contributed by atoms with Crippen molar-refractivity contribution in [2.24, 2.45) is 5.10 Å². The van der Waals surface area contributed by atoms with E-state index in [1.807, 2.05) is 24.3 Å². The highest BCUT2D eigenvalue weighted by molar-refractivity contribution is 7.80. The molecule has 0 aliphatic carbocycles. The molecule has 1 atom stereocenters. The average molecular weight is 554 g/mol. The minimum Gasteiger partial charge on any atom is -0.496 e. The van der Waals surface area contributed by atoms with Crippen LogP contribution < -0.4 is 30.4 Å². The van der Waals surface area contributed by atoms with Crippen LogP contribution in [0.4, 0.5) is 5.69 Å². The molecule has 0 saturated carbocycles. The number of anilines is 1. The number of rotatable bonds is 12. The first-order valence-electron chi connectivity index (χ1n) is 12.7. The van der Waals surface area contributed by atoms with Gasteiger partial charge in [-0.15, -0.1) is 0 Å². The summed E-state index contributed by atoms with van der Waals surface area (Å²) in [6.07, 6.45) is 1.52. The summed E-state index contributed by atoms with van der Waals surface area (Å²) in [5.74, 6) is 0.147. The molecule has 1 amide bonds. The van der Waals surface area contributed by atoms with Crippen molar-refractivity contribution in [2.45, 2.75) is 33.7 Å². The summed E-state index contributed by atoms with van der Waals surface area (Å²) in [5, 5.41) is 10.5. The predicted molar refractivity (Wildman–Crippen MR) is 155 cm³/mol. The largest absolute Gasteiger partial charge is 0.496 e. The van der Waals surface area contributed by atoms with Crippen LogP contribution >= 0.6 is 12.2 Å². The molecule has 2 aromatic carbocycles. The van der Waals surface area contributed by atoms with E-state index in [2.05, 4.69) is 39.9 Å². The molecule has 10 nitrogen and oxygen atoms in total. The van der Waals surface area contributed by atoms with Gasteiger partial charge in [-0.05, 0) is 58.1 Å². The fourth-order valence-electron chi connectivity index (χ4n) is 4.20. The van der Waals surface area contributed by atoms with E-state index in [4.69, 9.17) is 26.4 Å². The van der Waals surface area contributed by atoms with Gasteiger partial charge < -0.3 is 29.7 Å². The van der Waals surface area contributed by atoms with E-state index < -0.39 is 17.9 Å². The van der Waals surface area contributed by atoms with E-state index in [1.54, 1.807) is 39.2 Å². The van der Waals surface area contributed by atoms with Crippen molar-refractivity contribution >= 4 is 41.1 Å². The highest BCUT2D eigenvalue weighted by atomic mass is 32.1. The van der Waals surface area contributed by atoms with E-state index in [9.17, 15) is 9.59 Å². The van der Waals surface area contributed by atoms with Crippen molar-refractivity contribution < 1.29 is 23.8 Å². The molecule has 3 N–H and O–H groups in total. The first-order chi connectivity index (χ1) is 18.8. The van der Waals surface area contributed by atoms with Crippen LogP contribution in [-0.2, 0) is 14.3 Å². The zero-order chi connectivity index (χ0) is 28.4. The number of hydrogen-bond acceptors (Lipinski definition) is 8. The Kier molecular flexibility index (Phi) is 10.7. The standard InChI is InChI=1S/C28H35N5O5S/c1-6-33(7-2)20-14-13-19(23(15-20)36-5)16-29-32-24(34)17-38-22-12-10-9-11-21(22)26-25(27(35)37-8-3)18(4)30-28(39)31-26/h9-16,26H,6-8,17H2,1-5H3,(H,32,34)(H2,30,31,39)/t26-/m0/s1. The van der Waals surface area contributed by atoms with Gasteiger partial charge in [0.05, 0.1) is 31.5 Å². The predicted octanol–water partition coefficient (Wildman–Crippen LogP) is 3.43. The summed E-state index contributed by atoms with van der Waals surface area (Å²) in [7, 11) is 1.59. The van der Waals surface area contributed by atoms with E-state index in [0.29, 0.717) is 33.4 Å². The molecule has 1 aliphatic rings. The molecule has 0 aromatic heterocycles. The van der Waals surface area contributed by atoms with Crippen LogP contribution in [0.5, 0.6) is 11.5 Å². The van der Waals surface area contributed by atoms with Crippen molar-refractivity contribution in [1.82, 2.24) is 16.1 Å². The lowest BCUT2D eigenvalue weighted by Crippen LogP contribution is -2.45. The molecule has 11 heteroatoms. The van der Waals surface area contributed by atoms with Crippen LogP contribution in [0.1, 0.15) is 44.9 Å². The lowest BCUT2D eigenvalue weighted by atomic mass is 9.95. The van der Waals surface area contributed by atoms with Crippen molar-refractivity contribution in [3.05, 3.63) is 64.9 Å². The Labute approximate surface area is 234 Å². The maximum absolute atomic E-state index is 12.7. The smallest absolute Gasteiger partial charge is 0.338 e. The summed E-state index contributed by atoms with van der Waals surface area (Å²) in [4.78, 5) is 27.4. The van der Waals surface area contributed by atoms with Gasteiger partial charge in [-0.25, -0.2) is 10.2 Å². The highest BCUT2D eigenvalue weighted by Gasteiger charge is 2.32.